The molecule has 19 heavy (non-hydrogen) atoms. The zero-order valence-electron chi connectivity index (χ0n) is 11.6. The van der Waals surface area contributed by atoms with E-state index in [1.54, 1.807) is 0 Å². The molecule has 0 aliphatic carbocycles. The van der Waals surface area contributed by atoms with Crippen LogP contribution in [0.3, 0.4) is 0 Å². The lowest BCUT2D eigenvalue weighted by molar-refractivity contribution is -0.119. The number of para-hydroxylation sites is 2. The van der Waals surface area contributed by atoms with Crippen LogP contribution in [0.2, 0.25) is 0 Å². The molecule has 5 nitrogen and oxygen atoms in total. The first-order valence-electron chi connectivity index (χ1n) is 6.50. The summed E-state index contributed by atoms with van der Waals surface area (Å²) >= 11 is 0. The molecule has 0 fully saturated rings. The maximum Gasteiger partial charge on any atom is 0.239 e. The van der Waals surface area contributed by atoms with Crippen LogP contribution in [0, 0.1) is 5.92 Å². The van der Waals surface area contributed by atoms with Gasteiger partial charge < -0.3 is 15.2 Å². The van der Waals surface area contributed by atoms with Gasteiger partial charge in [0, 0.05) is 13.6 Å². The van der Waals surface area contributed by atoms with Crippen LogP contribution in [0.25, 0.3) is 11.0 Å². The minimum Gasteiger partial charge on any atom is -0.354 e. The van der Waals surface area contributed by atoms with Crippen LogP contribution in [0.15, 0.2) is 24.3 Å². The van der Waals surface area contributed by atoms with Crippen molar-refractivity contribution in [2.75, 3.05) is 18.4 Å². The molecule has 1 heterocycles. The third-order valence-corrected chi connectivity index (χ3v) is 2.90. The normalized spacial score (nSPS) is 10.9. The number of carbonyl (C=O) groups is 1. The van der Waals surface area contributed by atoms with Crippen molar-refractivity contribution in [3.63, 3.8) is 0 Å². The Hall–Kier alpha value is -2.04. The first-order chi connectivity index (χ1) is 9.08. The number of nitrogens with one attached hydrogen (secondary N) is 2. The summed E-state index contributed by atoms with van der Waals surface area (Å²) in [6.07, 6.45) is 0. The SMILES string of the molecule is CC(C)CNC(=O)CNc1nc2ccccc2n1C. The Kier molecular flexibility index (Phi) is 4.04. The van der Waals surface area contributed by atoms with Crippen LogP contribution in [-0.2, 0) is 11.8 Å². The fraction of sp³-hybridized carbons (Fsp3) is 0.429. The average molecular weight is 260 g/mol. The minimum absolute atomic E-state index is 0.0132. The fourth-order valence-electron chi connectivity index (χ4n) is 1.84. The van der Waals surface area contributed by atoms with E-state index in [1.807, 2.05) is 35.9 Å². The zero-order valence-corrected chi connectivity index (χ0v) is 11.6. The van der Waals surface area contributed by atoms with Gasteiger partial charge >= 0.3 is 0 Å². The van der Waals surface area contributed by atoms with Crippen LogP contribution in [0.1, 0.15) is 13.8 Å². The number of hydrogen-bond donors (Lipinski definition) is 2. The lowest BCUT2D eigenvalue weighted by atomic mass is 10.2. The molecule has 0 saturated heterocycles. The number of carbonyl (C=O) groups excluding carboxylic acids is 1. The Balaban J connectivity index is 1.98. The zero-order chi connectivity index (χ0) is 13.8. The second kappa shape index (κ2) is 5.73. The molecule has 0 bridgehead atoms. The third-order valence-electron chi connectivity index (χ3n) is 2.90. The number of fused-ring (bicyclic) bond motifs is 1. The lowest BCUT2D eigenvalue weighted by Gasteiger charge is -2.09. The van der Waals surface area contributed by atoms with Crippen molar-refractivity contribution in [1.29, 1.82) is 0 Å². The predicted octanol–water partition coefficient (Wildman–Crippen LogP) is 1.76. The van der Waals surface area contributed by atoms with Gasteiger partial charge in [0.1, 0.15) is 0 Å². The standard InChI is InChI=1S/C14H20N4O/c1-10(2)8-15-13(19)9-16-14-17-11-6-4-5-7-12(11)18(14)3/h4-7,10H,8-9H2,1-3H3,(H,15,19)(H,16,17). The molecular formula is C14H20N4O. The van der Waals surface area contributed by atoms with Gasteiger partial charge in [0.2, 0.25) is 11.9 Å². The Morgan fingerprint density at radius 2 is 2.11 bits per heavy atom. The highest BCUT2D eigenvalue weighted by molar-refractivity contribution is 5.82. The smallest absolute Gasteiger partial charge is 0.239 e. The number of imidazole rings is 1. The molecule has 1 amide bonds. The number of aryl methyl sites for hydroxylation is 1. The van der Waals surface area contributed by atoms with Crippen molar-refractivity contribution >= 4 is 22.9 Å². The van der Waals surface area contributed by atoms with E-state index < -0.39 is 0 Å². The summed E-state index contributed by atoms with van der Waals surface area (Å²) in [7, 11) is 1.93. The summed E-state index contributed by atoms with van der Waals surface area (Å²) in [5.41, 5.74) is 1.97. The van der Waals surface area contributed by atoms with Gasteiger partial charge in [0.25, 0.3) is 0 Å². The Labute approximate surface area is 113 Å². The molecule has 0 saturated carbocycles. The summed E-state index contributed by atoms with van der Waals surface area (Å²) in [5.74, 6) is 1.15. The third kappa shape index (κ3) is 3.24. The van der Waals surface area contributed by atoms with E-state index in [1.165, 1.54) is 0 Å². The average Bonchev–Trinajstić information content (AvgIpc) is 2.71. The molecule has 1 aromatic heterocycles. The van der Waals surface area contributed by atoms with Gasteiger partial charge in [0.05, 0.1) is 17.6 Å². The van der Waals surface area contributed by atoms with Crippen molar-refractivity contribution in [1.82, 2.24) is 14.9 Å². The van der Waals surface area contributed by atoms with E-state index in [0.29, 0.717) is 18.4 Å². The maximum atomic E-state index is 11.6. The first-order valence-corrected chi connectivity index (χ1v) is 6.50. The Bertz CT molecular complexity index is 574. The molecule has 2 N–H and O–H groups in total. The molecule has 0 aliphatic heterocycles. The fourth-order valence-corrected chi connectivity index (χ4v) is 1.84. The minimum atomic E-state index is -0.0132. The number of nitrogens with zero attached hydrogens (tertiary/aromatic N) is 2. The van der Waals surface area contributed by atoms with E-state index in [9.17, 15) is 4.79 Å². The van der Waals surface area contributed by atoms with Gasteiger partial charge in [-0.1, -0.05) is 26.0 Å². The molecule has 0 aliphatic rings. The number of hydrogen-bond acceptors (Lipinski definition) is 3. The molecule has 2 aromatic rings. The van der Waals surface area contributed by atoms with Gasteiger partial charge in [-0.15, -0.1) is 0 Å². The van der Waals surface area contributed by atoms with Crippen LogP contribution >= 0.6 is 0 Å². The van der Waals surface area contributed by atoms with E-state index in [0.717, 1.165) is 11.0 Å². The van der Waals surface area contributed by atoms with Crippen molar-refractivity contribution in [3.8, 4) is 0 Å². The van der Waals surface area contributed by atoms with Gasteiger partial charge in [0.15, 0.2) is 0 Å². The Morgan fingerprint density at radius 1 is 1.37 bits per heavy atom. The van der Waals surface area contributed by atoms with Crippen LogP contribution in [0.4, 0.5) is 5.95 Å². The molecular weight excluding hydrogens is 240 g/mol. The highest BCUT2D eigenvalue weighted by Gasteiger charge is 2.08. The number of rotatable bonds is 5. The Morgan fingerprint density at radius 3 is 2.79 bits per heavy atom. The number of amides is 1. The molecule has 1 aromatic carbocycles. The van der Waals surface area contributed by atoms with Crippen molar-refractivity contribution in [2.45, 2.75) is 13.8 Å². The molecule has 0 atom stereocenters. The second-order valence-corrected chi connectivity index (χ2v) is 5.03. The van der Waals surface area contributed by atoms with E-state index >= 15 is 0 Å². The number of aromatic nitrogens is 2. The van der Waals surface area contributed by atoms with Crippen molar-refractivity contribution in [2.24, 2.45) is 13.0 Å². The van der Waals surface area contributed by atoms with Crippen LogP contribution in [0.5, 0.6) is 0 Å². The van der Waals surface area contributed by atoms with Gasteiger partial charge in [-0.05, 0) is 18.1 Å². The summed E-state index contributed by atoms with van der Waals surface area (Å²) in [4.78, 5) is 16.1. The number of anilines is 1. The van der Waals surface area contributed by atoms with E-state index in [-0.39, 0.29) is 12.5 Å². The van der Waals surface area contributed by atoms with Gasteiger partial charge in [-0.3, -0.25) is 4.79 Å². The molecule has 5 heteroatoms. The van der Waals surface area contributed by atoms with E-state index in [2.05, 4.69) is 29.5 Å². The van der Waals surface area contributed by atoms with Gasteiger partial charge in [-0.2, -0.15) is 0 Å². The summed E-state index contributed by atoms with van der Waals surface area (Å²) in [5, 5.41) is 5.93. The molecule has 0 spiro atoms. The molecule has 0 unspecified atom stereocenters. The van der Waals surface area contributed by atoms with E-state index in [4.69, 9.17) is 0 Å². The molecule has 102 valence electrons. The number of benzene rings is 1. The quantitative estimate of drug-likeness (QED) is 0.861. The second-order valence-electron chi connectivity index (χ2n) is 5.03. The summed E-state index contributed by atoms with van der Waals surface area (Å²) in [6, 6.07) is 7.89. The van der Waals surface area contributed by atoms with Crippen LogP contribution < -0.4 is 10.6 Å². The summed E-state index contributed by atoms with van der Waals surface area (Å²) < 4.78 is 1.95. The lowest BCUT2D eigenvalue weighted by Crippen LogP contribution is -2.32. The van der Waals surface area contributed by atoms with Crippen molar-refractivity contribution < 1.29 is 4.79 Å². The highest BCUT2D eigenvalue weighted by Crippen LogP contribution is 2.16. The van der Waals surface area contributed by atoms with Crippen molar-refractivity contribution in [3.05, 3.63) is 24.3 Å². The highest BCUT2D eigenvalue weighted by atomic mass is 16.1. The predicted molar refractivity (Wildman–Crippen MR) is 77.1 cm³/mol. The molecule has 2 rings (SSSR count). The summed E-state index contributed by atoms with van der Waals surface area (Å²) in [6.45, 7) is 5.07. The largest absolute Gasteiger partial charge is 0.354 e. The maximum absolute atomic E-state index is 11.6. The first kappa shape index (κ1) is 13.4. The van der Waals surface area contributed by atoms with Gasteiger partial charge in [-0.25, -0.2) is 4.98 Å². The van der Waals surface area contributed by atoms with Crippen LogP contribution in [-0.4, -0.2) is 28.5 Å². The monoisotopic (exact) mass is 260 g/mol. The molecule has 0 radical (unpaired) electrons. The topological polar surface area (TPSA) is 59.0 Å².